The van der Waals surface area contributed by atoms with E-state index in [0.717, 1.165) is 25.6 Å². The largest absolute Gasteiger partial charge is 0.347 e. The van der Waals surface area contributed by atoms with Gasteiger partial charge in [0.05, 0.1) is 6.33 Å². The Balaban J connectivity index is 1.95. The Bertz CT molecular complexity index is 283. The predicted octanol–water partition coefficient (Wildman–Crippen LogP) is 0.969. The van der Waals surface area contributed by atoms with Gasteiger partial charge < -0.3 is 10.7 Å². The van der Waals surface area contributed by atoms with E-state index in [0.29, 0.717) is 6.04 Å². The molecule has 2 unspecified atom stereocenters. The van der Waals surface area contributed by atoms with Crippen molar-refractivity contribution in [3.8, 4) is 0 Å². The summed E-state index contributed by atoms with van der Waals surface area (Å²) in [4.78, 5) is 9.65. The molecule has 1 fully saturated rings. The molecular formula is C11H20N4. The number of nitrogens with zero attached hydrogens (tertiary/aromatic N) is 2. The van der Waals surface area contributed by atoms with Crippen LogP contribution in [0.2, 0.25) is 0 Å². The summed E-state index contributed by atoms with van der Waals surface area (Å²) < 4.78 is 0. The van der Waals surface area contributed by atoms with Crippen LogP contribution in [0.25, 0.3) is 0 Å². The van der Waals surface area contributed by atoms with Crippen molar-refractivity contribution in [2.75, 3.05) is 13.1 Å². The van der Waals surface area contributed by atoms with Crippen molar-refractivity contribution < 1.29 is 0 Å². The minimum atomic E-state index is 0.539. The van der Waals surface area contributed by atoms with Gasteiger partial charge in [-0.1, -0.05) is 6.92 Å². The molecule has 0 aliphatic carbocycles. The number of H-pyrrole nitrogens is 1. The lowest BCUT2D eigenvalue weighted by atomic mass is 9.92. The summed E-state index contributed by atoms with van der Waals surface area (Å²) in [7, 11) is 0. The molecule has 1 aromatic heterocycles. The molecule has 4 nitrogen and oxygen atoms in total. The maximum absolute atomic E-state index is 5.82. The molecular weight excluding hydrogens is 188 g/mol. The Morgan fingerprint density at radius 3 is 3.20 bits per heavy atom. The van der Waals surface area contributed by atoms with Crippen molar-refractivity contribution in [2.45, 2.75) is 32.4 Å². The lowest BCUT2D eigenvalue weighted by Crippen LogP contribution is -2.45. The van der Waals surface area contributed by atoms with Gasteiger partial charge in [0.15, 0.2) is 0 Å². The fraction of sp³-hybridized carbons (Fsp3) is 0.727. The van der Waals surface area contributed by atoms with Crippen molar-refractivity contribution in [1.29, 1.82) is 0 Å². The third-order valence-corrected chi connectivity index (χ3v) is 3.30. The van der Waals surface area contributed by atoms with Crippen LogP contribution in [0, 0.1) is 5.92 Å². The van der Waals surface area contributed by atoms with Crippen molar-refractivity contribution in [3.05, 3.63) is 18.2 Å². The zero-order valence-corrected chi connectivity index (χ0v) is 9.32. The Kier molecular flexibility index (Phi) is 3.38. The minimum Gasteiger partial charge on any atom is -0.347 e. The van der Waals surface area contributed by atoms with Crippen LogP contribution >= 0.6 is 0 Å². The molecule has 84 valence electrons. The molecule has 2 rings (SSSR count). The zero-order valence-electron chi connectivity index (χ0n) is 9.32. The smallest absolute Gasteiger partial charge is 0.0922 e. The van der Waals surface area contributed by atoms with Crippen LogP contribution in [-0.4, -0.2) is 34.0 Å². The highest BCUT2D eigenvalue weighted by molar-refractivity contribution is 4.96. The molecule has 15 heavy (non-hydrogen) atoms. The monoisotopic (exact) mass is 208 g/mol. The summed E-state index contributed by atoms with van der Waals surface area (Å²) in [5, 5.41) is 0. The number of aromatic amines is 1. The van der Waals surface area contributed by atoms with Crippen LogP contribution in [0.1, 0.15) is 25.5 Å². The second-order valence-corrected chi connectivity index (χ2v) is 4.57. The standard InChI is InChI=1S/C11H20N4/c1-9-2-3-15(11(4-9)5-12)7-10-6-13-8-14-10/h6,8-9,11H,2-5,7,12H2,1H3,(H,13,14). The van der Waals surface area contributed by atoms with E-state index >= 15 is 0 Å². The Labute approximate surface area is 90.9 Å². The molecule has 2 heterocycles. The van der Waals surface area contributed by atoms with Gasteiger partial charge in [-0.05, 0) is 25.3 Å². The third-order valence-electron chi connectivity index (χ3n) is 3.30. The molecule has 0 bridgehead atoms. The van der Waals surface area contributed by atoms with Gasteiger partial charge in [-0.15, -0.1) is 0 Å². The summed E-state index contributed by atoms with van der Waals surface area (Å²) in [5.41, 5.74) is 7.00. The number of imidazole rings is 1. The molecule has 0 aromatic carbocycles. The van der Waals surface area contributed by atoms with Gasteiger partial charge in [0.1, 0.15) is 0 Å². The molecule has 0 spiro atoms. The van der Waals surface area contributed by atoms with Crippen LogP contribution in [-0.2, 0) is 6.54 Å². The first-order chi connectivity index (χ1) is 7.29. The van der Waals surface area contributed by atoms with Crippen molar-refractivity contribution >= 4 is 0 Å². The molecule has 1 saturated heterocycles. The van der Waals surface area contributed by atoms with E-state index < -0.39 is 0 Å². The van der Waals surface area contributed by atoms with Crippen LogP contribution in [0.5, 0.6) is 0 Å². The van der Waals surface area contributed by atoms with E-state index in [4.69, 9.17) is 5.73 Å². The average molecular weight is 208 g/mol. The van der Waals surface area contributed by atoms with Gasteiger partial charge in [-0.25, -0.2) is 4.98 Å². The zero-order chi connectivity index (χ0) is 10.7. The first kappa shape index (κ1) is 10.6. The Morgan fingerprint density at radius 1 is 1.67 bits per heavy atom. The molecule has 0 radical (unpaired) electrons. The first-order valence-corrected chi connectivity index (χ1v) is 5.71. The molecule has 4 heteroatoms. The van der Waals surface area contributed by atoms with E-state index in [1.54, 1.807) is 6.33 Å². The second kappa shape index (κ2) is 4.77. The summed E-state index contributed by atoms with van der Waals surface area (Å²) in [6.07, 6.45) is 6.14. The number of nitrogens with two attached hydrogens (primary N) is 1. The van der Waals surface area contributed by atoms with Gasteiger partial charge in [-0.2, -0.15) is 0 Å². The maximum Gasteiger partial charge on any atom is 0.0922 e. The number of nitrogens with one attached hydrogen (secondary N) is 1. The SMILES string of the molecule is CC1CCN(Cc2cnc[nH]2)C(CN)C1. The topological polar surface area (TPSA) is 57.9 Å². The molecule has 1 aliphatic heterocycles. The third kappa shape index (κ3) is 2.58. The van der Waals surface area contributed by atoms with Gasteiger partial charge in [0.25, 0.3) is 0 Å². The fourth-order valence-corrected chi connectivity index (χ4v) is 2.34. The molecule has 0 amide bonds. The maximum atomic E-state index is 5.82. The summed E-state index contributed by atoms with van der Waals surface area (Å²) in [6.45, 7) is 5.19. The number of hydrogen-bond donors (Lipinski definition) is 2. The molecule has 1 aliphatic rings. The number of piperidine rings is 1. The van der Waals surface area contributed by atoms with E-state index in [9.17, 15) is 0 Å². The van der Waals surface area contributed by atoms with Crippen LogP contribution in [0.4, 0.5) is 0 Å². The lowest BCUT2D eigenvalue weighted by molar-refractivity contribution is 0.114. The van der Waals surface area contributed by atoms with Crippen LogP contribution in [0.15, 0.2) is 12.5 Å². The highest BCUT2D eigenvalue weighted by Crippen LogP contribution is 2.22. The fourth-order valence-electron chi connectivity index (χ4n) is 2.34. The van der Waals surface area contributed by atoms with E-state index in [1.807, 2.05) is 6.20 Å². The normalized spacial score (nSPS) is 28.1. The predicted molar refractivity (Wildman–Crippen MR) is 60.2 cm³/mol. The summed E-state index contributed by atoms with van der Waals surface area (Å²) in [5.74, 6) is 0.816. The van der Waals surface area contributed by atoms with Gasteiger partial charge in [0, 0.05) is 31.0 Å². The van der Waals surface area contributed by atoms with E-state index in [1.165, 1.54) is 18.5 Å². The van der Waals surface area contributed by atoms with Gasteiger partial charge in [0.2, 0.25) is 0 Å². The average Bonchev–Trinajstić information content (AvgIpc) is 2.73. The van der Waals surface area contributed by atoms with Gasteiger partial charge >= 0.3 is 0 Å². The van der Waals surface area contributed by atoms with Crippen molar-refractivity contribution in [3.63, 3.8) is 0 Å². The first-order valence-electron chi connectivity index (χ1n) is 5.71. The molecule has 0 saturated carbocycles. The quantitative estimate of drug-likeness (QED) is 0.778. The number of likely N-dealkylation sites (tertiary alicyclic amines) is 1. The molecule has 2 atom stereocenters. The second-order valence-electron chi connectivity index (χ2n) is 4.57. The number of rotatable bonds is 3. The highest BCUT2D eigenvalue weighted by Gasteiger charge is 2.25. The molecule has 1 aromatic rings. The van der Waals surface area contributed by atoms with Crippen LogP contribution < -0.4 is 5.73 Å². The minimum absolute atomic E-state index is 0.539. The number of hydrogen-bond acceptors (Lipinski definition) is 3. The highest BCUT2D eigenvalue weighted by atomic mass is 15.2. The van der Waals surface area contributed by atoms with Crippen LogP contribution in [0.3, 0.4) is 0 Å². The summed E-state index contributed by atoms with van der Waals surface area (Å²) in [6, 6.07) is 0.539. The lowest BCUT2D eigenvalue weighted by Gasteiger charge is -2.37. The van der Waals surface area contributed by atoms with E-state index in [2.05, 4.69) is 21.8 Å². The Hall–Kier alpha value is -0.870. The van der Waals surface area contributed by atoms with Crippen molar-refractivity contribution in [1.82, 2.24) is 14.9 Å². The number of aromatic nitrogens is 2. The summed E-state index contributed by atoms with van der Waals surface area (Å²) >= 11 is 0. The Morgan fingerprint density at radius 2 is 2.53 bits per heavy atom. The van der Waals surface area contributed by atoms with Crippen molar-refractivity contribution in [2.24, 2.45) is 11.7 Å². The molecule has 3 N–H and O–H groups in total. The van der Waals surface area contributed by atoms with E-state index in [-0.39, 0.29) is 0 Å². The van der Waals surface area contributed by atoms with Gasteiger partial charge in [-0.3, -0.25) is 4.90 Å².